The summed E-state index contributed by atoms with van der Waals surface area (Å²) in [5.41, 5.74) is -0.446. The van der Waals surface area contributed by atoms with Gasteiger partial charge in [0, 0.05) is 31.2 Å². The van der Waals surface area contributed by atoms with Gasteiger partial charge in [-0.3, -0.25) is 0 Å². The van der Waals surface area contributed by atoms with Crippen LogP contribution in [0.25, 0.3) is 0 Å². The molecule has 1 rings (SSSR count). The molecule has 2 unspecified atom stereocenters. The van der Waals surface area contributed by atoms with E-state index in [1.165, 1.54) is 0 Å². The minimum Gasteiger partial charge on any atom is -0.444 e. The van der Waals surface area contributed by atoms with E-state index in [0.29, 0.717) is 6.04 Å². The molecule has 1 amide bonds. The number of rotatable bonds is 4. The second kappa shape index (κ2) is 5.69. The topological polar surface area (TPSA) is 62.4 Å². The number of nitrogens with one attached hydrogen (secondary N) is 3. The maximum absolute atomic E-state index is 11.6. The molecular weight excluding hydrogens is 218 g/mol. The summed E-state index contributed by atoms with van der Waals surface area (Å²) in [6, 6.07) is 0.799. The lowest BCUT2D eigenvalue weighted by Gasteiger charge is -2.33. The maximum atomic E-state index is 11.6. The summed E-state index contributed by atoms with van der Waals surface area (Å²) in [5.74, 6) is 0. The highest BCUT2D eigenvalue weighted by Crippen LogP contribution is 2.07. The third-order valence-electron chi connectivity index (χ3n) is 2.77. The Hall–Kier alpha value is -0.810. The summed E-state index contributed by atoms with van der Waals surface area (Å²) in [5, 5.41) is 9.50. The van der Waals surface area contributed by atoms with Crippen LogP contribution in [-0.4, -0.2) is 42.9 Å². The van der Waals surface area contributed by atoms with Crippen molar-refractivity contribution in [3.05, 3.63) is 0 Å². The van der Waals surface area contributed by atoms with E-state index in [4.69, 9.17) is 4.74 Å². The molecule has 0 aromatic heterocycles. The Morgan fingerprint density at radius 1 is 1.29 bits per heavy atom. The van der Waals surface area contributed by atoms with Crippen molar-refractivity contribution < 1.29 is 9.53 Å². The summed E-state index contributed by atoms with van der Waals surface area (Å²) in [4.78, 5) is 11.6. The Bertz CT molecular complexity index is 259. The predicted octanol–water partition coefficient (Wildman–Crippen LogP) is 0.850. The number of hydrogen-bond donors (Lipinski definition) is 3. The van der Waals surface area contributed by atoms with Gasteiger partial charge in [0.1, 0.15) is 5.60 Å². The van der Waals surface area contributed by atoms with Crippen molar-refractivity contribution in [1.29, 1.82) is 0 Å². The standard InChI is InChI=1S/C12H25N3O2/c1-8(14-10-6-13-7-10)9(2)15-11(16)17-12(3,4)5/h8-10,13-14H,6-7H2,1-5H3,(H,15,16). The Kier molecular flexibility index (Phi) is 4.77. The lowest BCUT2D eigenvalue weighted by molar-refractivity contribution is 0.0497. The van der Waals surface area contributed by atoms with Crippen LogP contribution in [0.2, 0.25) is 0 Å². The van der Waals surface area contributed by atoms with E-state index in [0.717, 1.165) is 13.1 Å². The van der Waals surface area contributed by atoms with Crippen LogP contribution in [0.1, 0.15) is 34.6 Å². The molecule has 5 nitrogen and oxygen atoms in total. The van der Waals surface area contributed by atoms with E-state index in [1.54, 1.807) is 0 Å². The lowest BCUT2D eigenvalue weighted by Crippen LogP contribution is -2.61. The van der Waals surface area contributed by atoms with Gasteiger partial charge in [-0.15, -0.1) is 0 Å². The van der Waals surface area contributed by atoms with Gasteiger partial charge in [-0.25, -0.2) is 4.79 Å². The molecular formula is C12H25N3O2. The second-order valence-corrected chi connectivity index (χ2v) is 5.75. The van der Waals surface area contributed by atoms with Crippen molar-refractivity contribution in [2.45, 2.75) is 58.3 Å². The van der Waals surface area contributed by atoms with Gasteiger partial charge < -0.3 is 20.7 Å². The highest BCUT2D eigenvalue weighted by Gasteiger charge is 2.24. The fourth-order valence-corrected chi connectivity index (χ4v) is 1.54. The highest BCUT2D eigenvalue weighted by molar-refractivity contribution is 5.68. The fourth-order valence-electron chi connectivity index (χ4n) is 1.54. The minimum atomic E-state index is -0.446. The van der Waals surface area contributed by atoms with Crippen molar-refractivity contribution in [2.24, 2.45) is 0 Å². The smallest absolute Gasteiger partial charge is 0.407 e. The highest BCUT2D eigenvalue weighted by atomic mass is 16.6. The number of carbonyl (C=O) groups is 1. The molecule has 5 heteroatoms. The summed E-state index contributed by atoms with van der Waals surface area (Å²) < 4.78 is 5.21. The van der Waals surface area contributed by atoms with Crippen molar-refractivity contribution >= 4 is 6.09 Å². The first kappa shape index (κ1) is 14.3. The first-order valence-electron chi connectivity index (χ1n) is 6.24. The molecule has 0 aromatic carbocycles. The normalized spacial score (nSPS) is 20.3. The minimum absolute atomic E-state index is 0.0467. The summed E-state index contributed by atoms with van der Waals surface area (Å²) in [6.45, 7) is 11.6. The molecule has 0 aromatic rings. The predicted molar refractivity (Wildman–Crippen MR) is 68.1 cm³/mol. The van der Waals surface area contributed by atoms with Gasteiger partial charge >= 0.3 is 6.09 Å². The van der Waals surface area contributed by atoms with Crippen LogP contribution in [-0.2, 0) is 4.74 Å². The Morgan fingerprint density at radius 3 is 2.29 bits per heavy atom. The van der Waals surface area contributed by atoms with Gasteiger partial charge in [-0.05, 0) is 34.6 Å². The molecule has 0 bridgehead atoms. The lowest BCUT2D eigenvalue weighted by atomic mass is 10.1. The van der Waals surface area contributed by atoms with Crippen LogP contribution in [0.3, 0.4) is 0 Å². The van der Waals surface area contributed by atoms with E-state index in [9.17, 15) is 4.79 Å². The van der Waals surface area contributed by atoms with Crippen LogP contribution < -0.4 is 16.0 Å². The Balaban J connectivity index is 2.26. The molecule has 1 heterocycles. The molecule has 1 aliphatic rings. The van der Waals surface area contributed by atoms with Crippen molar-refractivity contribution in [1.82, 2.24) is 16.0 Å². The van der Waals surface area contributed by atoms with Gasteiger partial charge in [0.2, 0.25) is 0 Å². The zero-order valence-electron chi connectivity index (χ0n) is 11.5. The molecule has 0 saturated carbocycles. The maximum Gasteiger partial charge on any atom is 0.407 e. The SMILES string of the molecule is CC(NC(=O)OC(C)(C)C)C(C)NC1CNC1. The molecule has 1 fully saturated rings. The van der Waals surface area contributed by atoms with Crippen molar-refractivity contribution in [3.63, 3.8) is 0 Å². The summed E-state index contributed by atoms with van der Waals surface area (Å²) in [7, 11) is 0. The third-order valence-corrected chi connectivity index (χ3v) is 2.77. The molecule has 1 saturated heterocycles. The summed E-state index contributed by atoms with van der Waals surface area (Å²) >= 11 is 0. The number of ether oxygens (including phenoxy) is 1. The average Bonchev–Trinajstić information content (AvgIpc) is 2.07. The number of hydrogen-bond acceptors (Lipinski definition) is 4. The number of alkyl carbamates (subject to hydrolysis) is 1. The second-order valence-electron chi connectivity index (χ2n) is 5.75. The molecule has 100 valence electrons. The first-order valence-corrected chi connectivity index (χ1v) is 6.24. The average molecular weight is 243 g/mol. The van der Waals surface area contributed by atoms with Crippen LogP contribution >= 0.6 is 0 Å². The van der Waals surface area contributed by atoms with Crippen molar-refractivity contribution in [3.8, 4) is 0 Å². The van der Waals surface area contributed by atoms with Crippen LogP contribution in [0.4, 0.5) is 4.79 Å². The summed E-state index contributed by atoms with van der Waals surface area (Å²) in [6.07, 6.45) is -0.356. The van der Waals surface area contributed by atoms with E-state index < -0.39 is 5.60 Å². The van der Waals surface area contributed by atoms with Crippen LogP contribution in [0, 0.1) is 0 Å². The third kappa shape index (κ3) is 5.37. The van der Waals surface area contributed by atoms with E-state index in [1.807, 2.05) is 27.7 Å². The fraction of sp³-hybridized carbons (Fsp3) is 0.917. The molecule has 0 radical (unpaired) electrons. The molecule has 0 spiro atoms. The van der Waals surface area contributed by atoms with Gasteiger partial charge in [0.15, 0.2) is 0 Å². The van der Waals surface area contributed by atoms with Gasteiger partial charge in [-0.2, -0.15) is 0 Å². The Morgan fingerprint density at radius 2 is 1.88 bits per heavy atom. The van der Waals surface area contributed by atoms with Gasteiger partial charge in [0.25, 0.3) is 0 Å². The first-order chi connectivity index (χ1) is 7.78. The van der Waals surface area contributed by atoms with Gasteiger partial charge in [0.05, 0.1) is 0 Å². The van der Waals surface area contributed by atoms with E-state index in [2.05, 4.69) is 22.9 Å². The molecule has 3 N–H and O–H groups in total. The monoisotopic (exact) mass is 243 g/mol. The molecule has 2 atom stereocenters. The van der Waals surface area contributed by atoms with Crippen LogP contribution in [0.15, 0.2) is 0 Å². The van der Waals surface area contributed by atoms with E-state index in [-0.39, 0.29) is 18.2 Å². The molecule has 1 aliphatic heterocycles. The quantitative estimate of drug-likeness (QED) is 0.685. The zero-order valence-corrected chi connectivity index (χ0v) is 11.5. The van der Waals surface area contributed by atoms with Crippen LogP contribution in [0.5, 0.6) is 0 Å². The molecule has 17 heavy (non-hydrogen) atoms. The largest absolute Gasteiger partial charge is 0.444 e. The van der Waals surface area contributed by atoms with Gasteiger partial charge in [-0.1, -0.05) is 0 Å². The van der Waals surface area contributed by atoms with E-state index >= 15 is 0 Å². The number of carbonyl (C=O) groups excluding carboxylic acids is 1. The Labute approximate surface area is 104 Å². The molecule has 0 aliphatic carbocycles. The van der Waals surface area contributed by atoms with Crippen molar-refractivity contribution in [2.75, 3.05) is 13.1 Å². The zero-order chi connectivity index (χ0) is 13.1. The number of amides is 1.